The van der Waals surface area contributed by atoms with Crippen LogP contribution in [0.4, 0.5) is 34.1 Å². The van der Waals surface area contributed by atoms with Gasteiger partial charge in [-0.05, 0) is 85.0 Å². The number of aliphatic hydroxyl groups excluding tert-OH is 1. The molecule has 61 heavy (non-hydrogen) atoms. The smallest absolute Gasteiger partial charge is 0.501 e. The van der Waals surface area contributed by atoms with E-state index in [1.807, 2.05) is 90.1 Å². The van der Waals surface area contributed by atoms with Gasteiger partial charge < -0.3 is 25.9 Å². The molecule has 2 heterocycles. The first-order chi connectivity index (χ1) is 28.3. The summed E-state index contributed by atoms with van der Waals surface area (Å²) >= 11 is 0. The number of hydrogen-bond acceptors (Lipinski definition) is 15. The number of phenols is 2. The van der Waals surface area contributed by atoms with E-state index in [1.165, 1.54) is 21.8 Å². The van der Waals surface area contributed by atoms with Crippen LogP contribution in [0.5, 0.6) is 17.4 Å². The van der Waals surface area contributed by atoms with Gasteiger partial charge in [0.1, 0.15) is 17.4 Å². The van der Waals surface area contributed by atoms with E-state index < -0.39 is 33.6 Å². The molecule has 0 aliphatic carbocycles. The van der Waals surface area contributed by atoms with E-state index in [0.29, 0.717) is 28.3 Å². The number of para-hydroxylation sites is 2. The van der Waals surface area contributed by atoms with Crippen LogP contribution < -0.4 is 26.7 Å². The average molecular weight is 884 g/mol. The van der Waals surface area contributed by atoms with Crippen LogP contribution in [0, 0.1) is 27.2 Å². The second-order valence-corrected chi connectivity index (χ2v) is 15.6. The Bertz CT molecular complexity index is 2380. The second-order valence-electron chi connectivity index (χ2n) is 15.6. The molecule has 0 bridgehead atoms. The number of hydrazine groups is 2. The van der Waals surface area contributed by atoms with Crippen molar-refractivity contribution in [3.05, 3.63) is 122 Å². The minimum Gasteiger partial charge on any atom is -0.501 e. The SMILES string of the molecule is CCC(C)(C)c1cc(NNC2C(C)=NN(c3ccccc3)C2O)c(O)c([N+](=O)[O-])c1.CCC(C)(C)c1cc(NNc2c(C)nn(-c3ccccc3)c2O)c(O)c([N+](=O)[O-])c1.[Co+2]. The number of aromatic nitrogens is 2. The minimum absolute atomic E-state index is 0. The molecule has 2 atom stereocenters. The van der Waals surface area contributed by atoms with E-state index in [0.717, 1.165) is 24.1 Å². The number of phenolic OH excluding ortho intramolecular Hbond substituents is 2. The number of nitrogens with zero attached hydrogens (tertiary/aromatic N) is 6. The van der Waals surface area contributed by atoms with Crippen molar-refractivity contribution in [1.82, 2.24) is 15.2 Å². The number of nitro benzene ring substituents is 2. The number of aryl methyl sites for hydroxylation is 1. The maximum Gasteiger partial charge on any atom is 2.00 e. The summed E-state index contributed by atoms with van der Waals surface area (Å²) < 4.78 is 1.37. The van der Waals surface area contributed by atoms with E-state index >= 15 is 0 Å². The molecule has 6 rings (SSSR count). The van der Waals surface area contributed by atoms with Gasteiger partial charge in [-0.3, -0.25) is 31.1 Å². The largest absolute Gasteiger partial charge is 2.00 e. The van der Waals surface area contributed by atoms with Crippen LogP contribution in [-0.4, -0.2) is 58.0 Å². The van der Waals surface area contributed by atoms with Crippen molar-refractivity contribution >= 4 is 39.8 Å². The van der Waals surface area contributed by atoms with Gasteiger partial charge in [0.2, 0.25) is 17.4 Å². The van der Waals surface area contributed by atoms with Crippen molar-refractivity contribution in [2.24, 2.45) is 5.10 Å². The molecule has 8 N–H and O–H groups in total. The summed E-state index contributed by atoms with van der Waals surface area (Å²) in [5.74, 6) is -1.09. The van der Waals surface area contributed by atoms with Crippen LogP contribution >= 0.6 is 0 Å². The number of rotatable bonds is 14. The molecule has 1 aliphatic heterocycles. The third-order valence-electron chi connectivity index (χ3n) is 10.9. The molecule has 1 aliphatic rings. The Morgan fingerprint density at radius 1 is 0.721 bits per heavy atom. The quantitative estimate of drug-likeness (QED) is 0.0298. The molecule has 1 radical (unpaired) electrons. The zero-order valence-electron chi connectivity index (χ0n) is 35.1. The maximum absolute atomic E-state index is 11.4. The summed E-state index contributed by atoms with van der Waals surface area (Å²) in [6, 6.07) is 23.9. The maximum atomic E-state index is 11.4. The number of hydrogen-bond donors (Lipinski definition) is 8. The summed E-state index contributed by atoms with van der Waals surface area (Å²) in [7, 11) is 0. The van der Waals surface area contributed by atoms with Gasteiger partial charge in [-0.2, -0.15) is 14.9 Å². The van der Waals surface area contributed by atoms with Crippen LogP contribution in [0.3, 0.4) is 0 Å². The second kappa shape index (κ2) is 19.3. The molecular formula is C42H52CoN10O8+2. The Kier molecular flexibility index (Phi) is 15.0. The number of anilines is 4. The Labute approximate surface area is 363 Å². The Hall–Kier alpha value is -6.41. The van der Waals surface area contributed by atoms with Gasteiger partial charge in [0.25, 0.3) is 0 Å². The van der Waals surface area contributed by atoms with E-state index in [1.54, 1.807) is 38.1 Å². The number of benzene rings is 4. The van der Waals surface area contributed by atoms with Gasteiger partial charge in [-0.15, -0.1) is 0 Å². The first-order valence-electron chi connectivity index (χ1n) is 19.3. The van der Waals surface area contributed by atoms with Gasteiger partial charge in [-0.1, -0.05) is 77.9 Å². The van der Waals surface area contributed by atoms with Crippen molar-refractivity contribution in [2.75, 3.05) is 21.3 Å². The van der Waals surface area contributed by atoms with Crippen LogP contribution in [0.15, 0.2) is 90.0 Å². The molecule has 5 aromatic rings. The monoisotopic (exact) mass is 883 g/mol. The van der Waals surface area contributed by atoms with Gasteiger partial charge in [0.15, 0.2) is 6.23 Å². The van der Waals surface area contributed by atoms with Gasteiger partial charge in [-0.25, -0.2) is 10.4 Å². The zero-order valence-corrected chi connectivity index (χ0v) is 36.1. The Morgan fingerprint density at radius 3 is 1.64 bits per heavy atom. The van der Waals surface area contributed by atoms with Gasteiger partial charge in [0.05, 0.1) is 38.3 Å². The molecule has 0 saturated carbocycles. The summed E-state index contributed by atoms with van der Waals surface area (Å²) in [6.45, 7) is 15.4. The van der Waals surface area contributed by atoms with E-state index in [-0.39, 0.29) is 56.2 Å². The molecule has 0 spiro atoms. The standard InChI is InChI=1S/C21H27N5O4.C21H25N5O4.Co/c2*1-5-21(3,4)14-11-16(19(27)17(12-14)26(29)30)22-23-18-13(2)24-25(20(18)28)15-9-7-6-8-10-15;/h6-12,18,20,22-23,27-28H,5H2,1-4H3;6-12,22-23,27-28H,5H2,1-4H3;/q;;+2. The predicted molar refractivity (Wildman–Crippen MR) is 232 cm³/mol. The molecule has 19 heteroatoms. The molecule has 0 amide bonds. The first kappa shape index (κ1) is 47.3. The minimum atomic E-state index is -0.993. The molecule has 18 nitrogen and oxygen atoms in total. The summed E-state index contributed by atoms with van der Waals surface area (Å²) in [5.41, 5.74) is 14.6. The van der Waals surface area contributed by atoms with Crippen LogP contribution in [0.25, 0.3) is 5.69 Å². The fourth-order valence-corrected chi connectivity index (χ4v) is 6.21. The molecule has 325 valence electrons. The van der Waals surface area contributed by atoms with Crippen LogP contribution in [0.2, 0.25) is 0 Å². The van der Waals surface area contributed by atoms with Crippen molar-refractivity contribution in [3.63, 3.8) is 0 Å². The van der Waals surface area contributed by atoms with Crippen molar-refractivity contribution in [1.29, 1.82) is 0 Å². The molecule has 1 aromatic heterocycles. The predicted octanol–water partition coefficient (Wildman–Crippen LogP) is 8.11. The topological polar surface area (TPSA) is 249 Å². The number of aromatic hydroxyl groups is 3. The third kappa shape index (κ3) is 10.3. The van der Waals surface area contributed by atoms with E-state index in [4.69, 9.17) is 0 Å². The number of hydrazone groups is 1. The van der Waals surface area contributed by atoms with E-state index in [2.05, 4.69) is 31.9 Å². The molecular weight excluding hydrogens is 831 g/mol. The Morgan fingerprint density at radius 2 is 1.18 bits per heavy atom. The first-order valence-corrected chi connectivity index (χ1v) is 19.3. The summed E-state index contributed by atoms with van der Waals surface area (Å²) in [5, 5.41) is 75.2. The van der Waals surface area contributed by atoms with Crippen molar-refractivity contribution in [2.45, 2.75) is 91.3 Å². The molecule has 4 aromatic carbocycles. The fraction of sp³-hybridized carbons (Fsp3) is 0.333. The molecule has 2 unspecified atom stereocenters. The third-order valence-corrected chi connectivity index (χ3v) is 10.9. The number of nitrogens with one attached hydrogen (secondary N) is 4. The van der Waals surface area contributed by atoms with Crippen LogP contribution in [-0.2, 0) is 27.6 Å². The fourth-order valence-electron chi connectivity index (χ4n) is 6.21. The zero-order chi connectivity index (χ0) is 44.1. The van der Waals surface area contributed by atoms with E-state index in [9.17, 15) is 40.7 Å². The van der Waals surface area contributed by atoms with Gasteiger partial charge >= 0.3 is 28.2 Å². The Balaban J connectivity index is 0.000000264. The van der Waals surface area contributed by atoms with Crippen molar-refractivity contribution < 1.29 is 47.1 Å². The van der Waals surface area contributed by atoms with Crippen LogP contribution in [0.1, 0.15) is 78.1 Å². The normalized spacial score (nSPS) is 14.9. The molecule has 0 fully saturated rings. The average Bonchev–Trinajstić information content (AvgIpc) is 3.68. The van der Waals surface area contributed by atoms with Gasteiger partial charge in [0, 0.05) is 12.1 Å². The summed E-state index contributed by atoms with van der Waals surface area (Å²) in [6.07, 6.45) is 0.527. The molecule has 0 saturated heterocycles. The van der Waals surface area contributed by atoms with Crippen molar-refractivity contribution in [3.8, 4) is 23.1 Å². The summed E-state index contributed by atoms with van der Waals surface area (Å²) in [4.78, 5) is 21.6. The number of nitro groups is 2. The number of aliphatic hydroxyl groups is 1.